The van der Waals surface area contributed by atoms with Crippen molar-refractivity contribution < 1.29 is 0 Å². The Labute approximate surface area is 113 Å². The lowest BCUT2D eigenvalue weighted by Gasteiger charge is -2.16. The quantitative estimate of drug-likeness (QED) is 0.859. The van der Waals surface area contributed by atoms with E-state index in [1.807, 2.05) is 6.92 Å². The molecule has 0 saturated carbocycles. The van der Waals surface area contributed by atoms with Crippen LogP contribution in [0.1, 0.15) is 29.6 Å². The normalized spacial score (nSPS) is 12.6. The van der Waals surface area contributed by atoms with Gasteiger partial charge in [-0.15, -0.1) is 11.3 Å². The molecule has 1 unspecified atom stereocenters. The summed E-state index contributed by atoms with van der Waals surface area (Å²) in [5.41, 5.74) is 2.51. The second kappa shape index (κ2) is 6.66. The number of thiazole rings is 1. The summed E-state index contributed by atoms with van der Waals surface area (Å²) in [7, 11) is 0. The predicted octanol–water partition coefficient (Wildman–Crippen LogP) is 3.56. The Morgan fingerprint density at radius 1 is 1.28 bits per heavy atom. The second-order valence-corrected chi connectivity index (χ2v) is 5.50. The number of hydrogen-bond donors (Lipinski definition) is 1. The number of aryl methyl sites for hydroxylation is 1. The third kappa shape index (κ3) is 3.93. The minimum absolute atomic E-state index is 0.525. The highest BCUT2D eigenvalue weighted by atomic mass is 32.1. The predicted molar refractivity (Wildman–Crippen MR) is 77.9 cm³/mol. The van der Waals surface area contributed by atoms with Gasteiger partial charge < -0.3 is 5.32 Å². The first-order chi connectivity index (χ1) is 8.78. The summed E-state index contributed by atoms with van der Waals surface area (Å²) in [5.74, 6) is 0. The van der Waals surface area contributed by atoms with E-state index < -0.39 is 0 Å². The number of hydrogen-bond acceptors (Lipinski definition) is 3. The van der Waals surface area contributed by atoms with E-state index in [2.05, 4.69) is 52.9 Å². The third-order valence-corrected chi connectivity index (χ3v) is 3.99. The first-order valence-corrected chi connectivity index (χ1v) is 7.34. The molecule has 1 aromatic carbocycles. The topological polar surface area (TPSA) is 24.9 Å². The van der Waals surface area contributed by atoms with Gasteiger partial charge in [0, 0.05) is 23.7 Å². The number of rotatable bonds is 6. The summed E-state index contributed by atoms with van der Waals surface area (Å²) in [4.78, 5) is 4.48. The van der Waals surface area contributed by atoms with Crippen molar-refractivity contribution in [3.63, 3.8) is 0 Å². The van der Waals surface area contributed by atoms with Crippen molar-refractivity contribution in [2.24, 2.45) is 0 Å². The molecule has 0 aliphatic rings. The molecule has 0 spiro atoms. The number of benzene rings is 1. The molecular formula is C15H20N2S. The standard InChI is InChI=1S/C15H20N2S/c1-3-14(9-13-7-5-4-6-8-13)16-10-15-17-12(2)11-18-15/h4-8,11,14,16H,3,9-10H2,1-2H3. The van der Waals surface area contributed by atoms with Gasteiger partial charge in [-0.2, -0.15) is 0 Å². The average molecular weight is 260 g/mol. The van der Waals surface area contributed by atoms with E-state index in [-0.39, 0.29) is 0 Å². The first kappa shape index (κ1) is 13.2. The van der Waals surface area contributed by atoms with Crippen molar-refractivity contribution in [2.75, 3.05) is 0 Å². The van der Waals surface area contributed by atoms with Crippen LogP contribution in [0, 0.1) is 6.92 Å². The summed E-state index contributed by atoms with van der Waals surface area (Å²) >= 11 is 1.73. The molecule has 1 atom stereocenters. The van der Waals surface area contributed by atoms with Crippen LogP contribution in [-0.2, 0) is 13.0 Å². The van der Waals surface area contributed by atoms with Gasteiger partial charge in [0.2, 0.25) is 0 Å². The molecule has 2 rings (SSSR count). The van der Waals surface area contributed by atoms with Gasteiger partial charge in [0.1, 0.15) is 5.01 Å². The molecule has 2 nitrogen and oxygen atoms in total. The van der Waals surface area contributed by atoms with E-state index in [0.29, 0.717) is 6.04 Å². The van der Waals surface area contributed by atoms with Gasteiger partial charge in [0.15, 0.2) is 0 Å². The maximum absolute atomic E-state index is 4.48. The molecular weight excluding hydrogens is 240 g/mol. The van der Waals surface area contributed by atoms with E-state index in [1.165, 1.54) is 10.6 Å². The van der Waals surface area contributed by atoms with Crippen LogP contribution in [0.3, 0.4) is 0 Å². The number of aromatic nitrogens is 1. The zero-order chi connectivity index (χ0) is 12.8. The second-order valence-electron chi connectivity index (χ2n) is 4.56. The van der Waals surface area contributed by atoms with Crippen molar-refractivity contribution in [2.45, 2.75) is 39.3 Å². The van der Waals surface area contributed by atoms with Crippen LogP contribution in [-0.4, -0.2) is 11.0 Å². The zero-order valence-corrected chi connectivity index (χ0v) is 11.8. The molecule has 0 radical (unpaired) electrons. The Morgan fingerprint density at radius 3 is 2.67 bits per heavy atom. The maximum Gasteiger partial charge on any atom is 0.107 e. The molecule has 0 saturated heterocycles. The fourth-order valence-corrected chi connectivity index (χ4v) is 2.70. The maximum atomic E-state index is 4.48. The molecule has 1 N–H and O–H groups in total. The van der Waals surface area contributed by atoms with Crippen LogP contribution in [0.25, 0.3) is 0 Å². The fraction of sp³-hybridized carbons (Fsp3) is 0.400. The van der Waals surface area contributed by atoms with Crippen LogP contribution < -0.4 is 5.32 Å². The van der Waals surface area contributed by atoms with E-state index in [0.717, 1.165) is 25.1 Å². The number of nitrogens with one attached hydrogen (secondary N) is 1. The smallest absolute Gasteiger partial charge is 0.107 e. The molecule has 96 valence electrons. The van der Waals surface area contributed by atoms with E-state index in [9.17, 15) is 0 Å². The largest absolute Gasteiger partial charge is 0.307 e. The molecule has 0 fully saturated rings. The van der Waals surface area contributed by atoms with Gasteiger partial charge in [0.05, 0.1) is 0 Å². The van der Waals surface area contributed by atoms with E-state index in [4.69, 9.17) is 0 Å². The first-order valence-electron chi connectivity index (χ1n) is 6.46. The lowest BCUT2D eigenvalue weighted by molar-refractivity contribution is 0.493. The molecule has 0 bridgehead atoms. The molecule has 3 heteroatoms. The van der Waals surface area contributed by atoms with Crippen LogP contribution in [0.4, 0.5) is 0 Å². The molecule has 0 aliphatic heterocycles. The fourth-order valence-electron chi connectivity index (χ4n) is 1.97. The highest BCUT2D eigenvalue weighted by Crippen LogP contribution is 2.10. The summed E-state index contributed by atoms with van der Waals surface area (Å²) < 4.78 is 0. The minimum atomic E-state index is 0.525. The van der Waals surface area contributed by atoms with Gasteiger partial charge in [0.25, 0.3) is 0 Å². The molecule has 2 aromatic rings. The van der Waals surface area contributed by atoms with Crippen molar-refractivity contribution >= 4 is 11.3 Å². The average Bonchev–Trinajstić information content (AvgIpc) is 2.81. The minimum Gasteiger partial charge on any atom is -0.307 e. The molecule has 1 aromatic heterocycles. The summed E-state index contributed by atoms with van der Waals surface area (Å²) in [6, 6.07) is 11.2. The van der Waals surface area contributed by atoms with Crippen LogP contribution in [0.2, 0.25) is 0 Å². The van der Waals surface area contributed by atoms with Crippen LogP contribution in [0.15, 0.2) is 35.7 Å². The van der Waals surface area contributed by atoms with Gasteiger partial charge in [-0.1, -0.05) is 37.3 Å². The van der Waals surface area contributed by atoms with Gasteiger partial charge in [-0.3, -0.25) is 0 Å². The van der Waals surface area contributed by atoms with Crippen molar-refractivity contribution in [1.29, 1.82) is 0 Å². The SMILES string of the molecule is CCC(Cc1ccccc1)NCc1nc(C)cs1. The van der Waals surface area contributed by atoms with Gasteiger partial charge >= 0.3 is 0 Å². The van der Waals surface area contributed by atoms with Crippen LogP contribution in [0.5, 0.6) is 0 Å². The molecule has 0 amide bonds. The lowest BCUT2D eigenvalue weighted by atomic mass is 10.0. The Morgan fingerprint density at radius 2 is 2.06 bits per heavy atom. The number of nitrogens with zero attached hydrogens (tertiary/aromatic N) is 1. The van der Waals surface area contributed by atoms with Crippen molar-refractivity contribution in [1.82, 2.24) is 10.3 Å². The monoisotopic (exact) mass is 260 g/mol. The third-order valence-electron chi connectivity index (χ3n) is 3.03. The zero-order valence-electron chi connectivity index (χ0n) is 11.0. The van der Waals surface area contributed by atoms with Crippen LogP contribution >= 0.6 is 11.3 Å². The Hall–Kier alpha value is -1.19. The molecule has 18 heavy (non-hydrogen) atoms. The van der Waals surface area contributed by atoms with Gasteiger partial charge in [-0.05, 0) is 25.3 Å². The molecule has 1 heterocycles. The highest BCUT2D eigenvalue weighted by molar-refractivity contribution is 7.09. The van der Waals surface area contributed by atoms with E-state index in [1.54, 1.807) is 11.3 Å². The Kier molecular flexibility index (Phi) is 4.90. The summed E-state index contributed by atoms with van der Waals surface area (Å²) in [5, 5.41) is 6.88. The van der Waals surface area contributed by atoms with Crippen molar-refractivity contribution in [3.05, 3.63) is 52.0 Å². The van der Waals surface area contributed by atoms with E-state index >= 15 is 0 Å². The Bertz CT molecular complexity index is 464. The Balaban J connectivity index is 1.86. The summed E-state index contributed by atoms with van der Waals surface area (Å²) in [6.07, 6.45) is 2.22. The summed E-state index contributed by atoms with van der Waals surface area (Å²) in [6.45, 7) is 5.15. The highest BCUT2D eigenvalue weighted by Gasteiger charge is 2.07. The van der Waals surface area contributed by atoms with Gasteiger partial charge in [-0.25, -0.2) is 4.98 Å². The van der Waals surface area contributed by atoms with Crippen molar-refractivity contribution in [3.8, 4) is 0 Å². The lowest BCUT2D eigenvalue weighted by Crippen LogP contribution is -2.29. The molecule has 0 aliphatic carbocycles.